The Kier molecular flexibility index (Phi) is 3.31. The molecule has 3 nitrogen and oxygen atoms in total. The molecule has 0 amide bonds. The Balaban J connectivity index is 2.63. The van der Waals surface area contributed by atoms with Crippen LogP contribution >= 0.6 is 0 Å². The normalized spacial score (nSPS) is 26.1. The molecule has 0 saturated carbocycles. The molecule has 1 N–H and O–H groups in total. The van der Waals surface area contributed by atoms with E-state index in [9.17, 15) is 4.79 Å². The lowest BCUT2D eigenvalue weighted by atomic mass is 9.79. The highest BCUT2D eigenvalue weighted by molar-refractivity contribution is 5.78. The summed E-state index contributed by atoms with van der Waals surface area (Å²) in [5.41, 5.74) is -0.264. The fourth-order valence-electron chi connectivity index (χ4n) is 1.97. The van der Waals surface area contributed by atoms with E-state index >= 15 is 0 Å². The van der Waals surface area contributed by atoms with Crippen LogP contribution in [0.5, 0.6) is 0 Å². The molecule has 76 valence electrons. The van der Waals surface area contributed by atoms with Crippen molar-refractivity contribution in [3.8, 4) is 0 Å². The molecule has 0 unspecified atom stereocenters. The molecule has 0 spiro atoms. The smallest absolute Gasteiger partial charge is 0.312 e. The molecule has 0 aromatic heterocycles. The van der Waals surface area contributed by atoms with Gasteiger partial charge in [0.1, 0.15) is 6.10 Å². The number of cyclic esters (lactones) is 1. The van der Waals surface area contributed by atoms with E-state index in [4.69, 9.17) is 9.84 Å². The summed E-state index contributed by atoms with van der Waals surface area (Å²) in [4.78, 5) is 11.5. The van der Waals surface area contributed by atoms with E-state index in [2.05, 4.69) is 0 Å². The first-order valence-corrected chi connectivity index (χ1v) is 5.00. The van der Waals surface area contributed by atoms with Crippen LogP contribution in [0.2, 0.25) is 0 Å². The van der Waals surface area contributed by atoms with Gasteiger partial charge in [-0.25, -0.2) is 0 Å². The van der Waals surface area contributed by atoms with E-state index in [1.54, 1.807) is 0 Å². The predicted octanol–water partition coefficient (Wildman–Crippen LogP) is 1.49. The van der Waals surface area contributed by atoms with Gasteiger partial charge in [0.2, 0.25) is 0 Å². The minimum absolute atomic E-state index is 0.0580. The van der Waals surface area contributed by atoms with Gasteiger partial charge in [0, 0.05) is 19.4 Å². The van der Waals surface area contributed by atoms with Crippen LogP contribution in [0, 0.1) is 5.41 Å². The number of carbonyl (C=O) groups is 1. The van der Waals surface area contributed by atoms with Gasteiger partial charge in [-0.3, -0.25) is 4.79 Å². The van der Waals surface area contributed by atoms with Crippen LogP contribution < -0.4 is 0 Å². The molecule has 1 aliphatic heterocycles. The highest BCUT2D eigenvalue weighted by Gasteiger charge is 2.45. The van der Waals surface area contributed by atoms with Crippen LogP contribution in [0.4, 0.5) is 0 Å². The number of carbonyl (C=O) groups excluding carboxylic acids is 1. The van der Waals surface area contributed by atoms with Gasteiger partial charge in [0.25, 0.3) is 0 Å². The standard InChI is InChI=1S/C10H18O3/c1-3-10(4-2)7-8(5-6-11)13-9(10)12/h8,11H,3-7H2,1-2H3/t8-/m0/s1. The molecular formula is C10H18O3. The number of ether oxygens (including phenoxy) is 1. The third-order valence-electron chi connectivity index (χ3n) is 3.13. The second-order valence-electron chi connectivity index (χ2n) is 3.73. The van der Waals surface area contributed by atoms with Gasteiger partial charge >= 0.3 is 5.97 Å². The molecular weight excluding hydrogens is 168 g/mol. The van der Waals surface area contributed by atoms with Crippen LogP contribution in [0.15, 0.2) is 0 Å². The van der Waals surface area contributed by atoms with Crippen molar-refractivity contribution in [1.82, 2.24) is 0 Å². The largest absolute Gasteiger partial charge is 0.462 e. The van der Waals surface area contributed by atoms with E-state index in [0.29, 0.717) is 6.42 Å². The van der Waals surface area contributed by atoms with Gasteiger partial charge in [0.15, 0.2) is 0 Å². The van der Waals surface area contributed by atoms with E-state index in [1.165, 1.54) is 0 Å². The third-order valence-corrected chi connectivity index (χ3v) is 3.13. The average molecular weight is 186 g/mol. The molecule has 0 radical (unpaired) electrons. The Morgan fingerprint density at radius 1 is 1.54 bits per heavy atom. The van der Waals surface area contributed by atoms with Crippen LogP contribution in [0.1, 0.15) is 39.5 Å². The first kappa shape index (κ1) is 10.5. The van der Waals surface area contributed by atoms with Gasteiger partial charge in [-0.1, -0.05) is 13.8 Å². The highest BCUT2D eigenvalue weighted by atomic mass is 16.6. The summed E-state index contributed by atoms with van der Waals surface area (Å²) in [5, 5.41) is 8.74. The Labute approximate surface area is 79.1 Å². The van der Waals surface area contributed by atoms with Crippen molar-refractivity contribution < 1.29 is 14.6 Å². The van der Waals surface area contributed by atoms with Gasteiger partial charge in [0.05, 0.1) is 5.41 Å². The van der Waals surface area contributed by atoms with Crippen molar-refractivity contribution in [2.75, 3.05) is 6.61 Å². The zero-order valence-corrected chi connectivity index (χ0v) is 8.38. The first-order chi connectivity index (χ1) is 6.18. The zero-order chi connectivity index (χ0) is 9.90. The van der Waals surface area contributed by atoms with Crippen molar-refractivity contribution in [3.05, 3.63) is 0 Å². The molecule has 0 aromatic rings. The fraction of sp³-hybridized carbons (Fsp3) is 0.900. The Morgan fingerprint density at radius 3 is 2.54 bits per heavy atom. The summed E-state index contributed by atoms with van der Waals surface area (Å²) in [5.74, 6) is -0.0732. The molecule has 1 aliphatic rings. The summed E-state index contributed by atoms with van der Waals surface area (Å²) in [7, 11) is 0. The van der Waals surface area contributed by atoms with Crippen molar-refractivity contribution >= 4 is 5.97 Å². The quantitative estimate of drug-likeness (QED) is 0.677. The molecule has 0 aliphatic carbocycles. The van der Waals surface area contributed by atoms with Crippen LogP contribution in [-0.4, -0.2) is 23.8 Å². The predicted molar refractivity (Wildman–Crippen MR) is 49.2 cm³/mol. The second kappa shape index (κ2) is 4.09. The Morgan fingerprint density at radius 2 is 2.15 bits per heavy atom. The van der Waals surface area contributed by atoms with Crippen molar-refractivity contribution in [2.24, 2.45) is 5.41 Å². The van der Waals surface area contributed by atoms with Crippen molar-refractivity contribution in [1.29, 1.82) is 0 Å². The second-order valence-corrected chi connectivity index (χ2v) is 3.73. The minimum atomic E-state index is -0.264. The monoisotopic (exact) mass is 186 g/mol. The summed E-state index contributed by atoms with van der Waals surface area (Å²) in [6.45, 7) is 4.14. The molecule has 3 heteroatoms. The Bertz CT molecular complexity index is 185. The lowest BCUT2D eigenvalue weighted by Gasteiger charge is -2.19. The van der Waals surface area contributed by atoms with Crippen molar-refractivity contribution in [3.63, 3.8) is 0 Å². The number of hydrogen-bond acceptors (Lipinski definition) is 3. The molecule has 1 atom stereocenters. The van der Waals surface area contributed by atoms with Gasteiger partial charge in [-0.15, -0.1) is 0 Å². The molecule has 1 saturated heterocycles. The van der Waals surface area contributed by atoms with Gasteiger partial charge in [-0.05, 0) is 12.8 Å². The highest BCUT2D eigenvalue weighted by Crippen LogP contribution is 2.40. The Hall–Kier alpha value is -0.570. The fourth-order valence-corrected chi connectivity index (χ4v) is 1.97. The van der Waals surface area contributed by atoms with Crippen LogP contribution in [-0.2, 0) is 9.53 Å². The molecule has 0 aromatic carbocycles. The maximum absolute atomic E-state index is 11.5. The third kappa shape index (κ3) is 1.85. The molecule has 0 bridgehead atoms. The zero-order valence-electron chi connectivity index (χ0n) is 8.38. The van der Waals surface area contributed by atoms with E-state index in [-0.39, 0.29) is 24.1 Å². The number of aliphatic hydroxyl groups is 1. The molecule has 13 heavy (non-hydrogen) atoms. The molecule has 1 fully saturated rings. The van der Waals surface area contributed by atoms with E-state index in [0.717, 1.165) is 19.3 Å². The van der Waals surface area contributed by atoms with E-state index in [1.807, 2.05) is 13.8 Å². The maximum Gasteiger partial charge on any atom is 0.312 e. The van der Waals surface area contributed by atoms with E-state index < -0.39 is 0 Å². The summed E-state index contributed by atoms with van der Waals surface area (Å²) in [6, 6.07) is 0. The summed E-state index contributed by atoms with van der Waals surface area (Å²) in [6.07, 6.45) is 2.97. The van der Waals surface area contributed by atoms with Crippen LogP contribution in [0.25, 0.3) is 0 Å². The molecule has 1 rings (SSSR count). The van der Waals surface area contributed by atoms with Crippen molar-refractivity contribution in [2.45, 2.75) is 45.6 Å². The lowest BCUT2D eigenvalue weighted by molar-refractivity contribution is -0.149. The maximum atomic E-state index is 11.5. The number of hydrogen-bond donors (Lipinski definition) is 1. The molecule has 1 heterocycles. The minimum Gasteiger partial charge on any atom is -0.462 e. The summed E-state index contributed by atoms with van der Waals surface area (Å²) < 4.78 is 5.20. The first-order valence-electron chi connectivity index (χ1n) is 5.00. The number of esters is 1. The van der Waals surface area contributed by atoms with Crippen LogP contribution in [0.3, 0.4) is 0 Å². The SMILES string of the molecule is CCC1(CC)C[C@H](CCO)OC1=O. The summed E-state index contributed by atoms with van der Waals surface area (Å²) >= 11 is 0. The average Bonchev–Trinajstić information content (AvgIpc) is 2.44. The van der Waals surface area contributed by atoms with Gasteiger partial charge < -0.3 is 9.84 Å². The lowest BCUT2D eigenvalue weighted by Crippen LogP contribution is -2.24. The number of aliphatic hydroxyl groups excluding tert-OH is 1. The topological polar surface area (TPSA) is 46.5 Å². The number of rotatable bonds is 4. The van der Waals surface area contributed by atoms with Gasteiger partial charge in [-0.2, -0.15) is 0 Å².